The molecule has 0 aliphatic heterocycles. The number of nitrogens with zero attached hydrogens (tertiary/aromatic N) is 2. The fourth-order valence-electron chi connectivity index (χ4n) is 1.62. The predicted octanol–water partition coefficient (Wildman–Crippen LogP) is 1.17. The van der Waals surface area contributed by atoms with E-state index in [0.29, 0.717) is 24.7 Å². The normalized spacial score (nSPS) is 10.0. The minimum Gasteiger partial charge on any atom is -0.493 e. The van der Waals surface area contributed by atoms with Gasteiger partial charge >= 0.3 is 0 Å². The second kappa shape index (κ2) is 8.82. The second-order valence-corrected chi connectivity index (χ2v) is 4.75. The number of hydrogen-bond acceptors (Lipinski definition) is 5. The molecule has 6 heteroatoms. The summed E-state index contributed by atoms with van der Waals surface area (Å²) in [7, 11) is 5.53. The molecule has 0 aliphatic carbocycles. The molecule has 0 aromatic heterocycles. The van der Waals surface area contributed by atoms with E-state index < -0.39 is 0 Å². The Morgan fingerprint density at radius 1 is 1.38 bits per heavy atom. The Labute approximate surface area is 125 Å². The topological polar surface area (TPSA) is 74.6 Å². The summed E-state index contributed by atoms with van der Waals surface area (Å²) >= 11 is 0. The predicted molar refractivity (Wildman–Crippen MR) is 79.1 cm³/mol. The zero-order valence-corrected chi connectivity index (χ0v) is 12.7. The number of ether oxygens (including phenoxy) is 2. The largest absolute Gasteiger partial charge is 0.493 e. The van der Waals surface area contributed by atoms with Gasteiger partial charge in [0, 0.05) is 13.1 Å². The van der Waals surface area contributed by atoms with Crippen LogP contribution in [0.25, 0.3) is 0 Å². The van der Waals surface area contributed by atoms with Gasteiger partial charge in [0.15, 0.2) is 11.5 Å². The molecule has 0 unspecified atom stereocenters. The van der Waals surface area contributed by atoms with Crippen molar-refractivity contribution in [1.29, 1.82) is 5.26 Å². The summed E-state index contributed by atoms with van der Waals surface area (Å²) < 4.78 is 11.0. The molecule has 1 aromatic rings. The van der Waals surface area contributed by atoms with Crippen LogP contribution in [0.2, 0.25) is 0 Å². The van der Waals surface area contributed by atoms with Gasteiger partial charge in [-0.1, -0.05) is 6.07 Å². The van der Waals surface area contributed by atoms with E-state index in [9.17, 15) is 4.79 Å². The lowest BCUT2D eigenvalue weighted by atomic mass is 10.2. The van der Waals surface area contributed by atoms with Gasteiger partial charge in [0.2, 0.25) is 5.91 Å². The molecule has 0 spiro atoms. The molecule has 0 atom stereocenters. The minimum absolute atomic E-state index is 0.137. The number of likely N-dealkylation sites (N-methyl/N-ethyl adjacent to an activating group) is 1. The fourth-order valence-corrected chi connectivity index (χ4v) is 1.62. The van der Waals surface area contributed by atoms with Crippen molar-refractivity contribution in [2.45, 2.75) is 13.0 Å². The van der Waals surface area contributed by atoms with Crippen LogP contribution < -0.4 is 14.8 Å². The molecule has 1 N–H and O–H groups in total. The molecule has 114 valence electrons. The van der Waals surface area contributed by atoms with Gasteiger partial charge in [-0.2, -0.15) is 5.26 Å². The minimum atomic E-state index is -0.289. The van der Waals surface area contributed by atoms with Crippen LogP contribution in [0, 0.1) is 11.3 Å². The Morgan fingerprint density at radius 2 is 2.14 bits per heavy atom. The SMILES string of the molecule is COc1ccc(CNC(=O)CC#N)cc1OCCN(C)C. The third kappa shape index (κ3) is 6.15. The van der Waals surface area contributed by atoms with E-state index >= 15 is 0 Å². The lowest BCUT2D eigenvalue weighted by molar-refractivity contribution is -0.120. The first-order valence-electron chi connectivity index (χ1n) is 6.65. The zero-order chi connectivity index (χ0) is 15.7. The smallest absolute Gasteiger partial charge is 0.234 e. The van der Waals surface area contributed by atoms with Gasteiger partial charge in [-0.3, -0.25) is 4.79 Å². The van der Waals surface area contributed by atoms with E-state index in [1.807, 2.05) is 37.2 Å². The number of benzene rings is 1. The summed E-state index contributed by atoms with van der Waals surface area (Å²) in [5.41, 5.74) is 0.891. The van der Waals surface area contributed by atoms with E-state index in [-0.39, 0.29) is 12.3 Å². The molecule has 1 rings (SSSR count). The van der Waals surface area contributed by atoms with Crippen molar-refractivity contribution in [3.8, 4) is 17.6 Å². The van der Waals surface area contributed by atoms with E-state index in [1.165, 1.54) is 0 Å². The molecular weight excluding hydrogens is 270 g/mol. The molecule has 0 heterocycles. The quantitative estimate of drug-likeness (QED) is 0.778. The molecule has 0 saturated heterocycles. The van der Waals surface area contributed by atoms with Gasteiger partial charge in [0.25, 0.3) is 0 Å². The number of hydrogen-bond donors (Lipinski definition) is 1. The summed E-state index contributed by atoms with van der Waals surface area (Å²) in [5, 5.41) is 11.1. The fraction of sp³-hybridized carbons (Fsp3) is 0.467. The van der Waals surface area contributed by atoms with Crippen LogP contribution in [0.15, 0.2) is 18.2 Å². The van der Waals surface area contributed by atoms with Crippen LogP contribution >= 0.6 is 0 Å². The van der Waals surface area contributed by atoms with Crippen molar-refractivity contribution in [2.24, 2.45) is 0 Å². The lowest BCUT2D eigenvalue weighted by Crippen LogP contribution is -2.22. The molecule has 0 fully saturated rings. The first-order valence-corrected chi connectivity index (χ1v) is 6.65. The van der Waals surface area contributed by atoms with Gasteiger partial charge in [-0.05, 0) is 31.8 Å². The average molecular weight is 291 g/mol. The Balaban J connectivity index is 2.66. The standard InChI is InChI=1S/C15H21N3O3/c1-18(2)8-9-21-14-10-12(4-5-13(14)20-3)11-17-15(19)6-7-16/h4-5,10H,6,8-9,11H2,1-3H3,(H,17,19). The van der Waals surface area contributed by atoms with Gasteiger partial charge in [-0.15, -0.1) is 0 Å². The number of nitriles is 1. The Hall–Kier alpha value is -2.26. The number of carbonyl (C=O) groups excluding carboxylic acids is 1. The van der Waals surface area contributed by atoms with E-state index in [1.54, 1.807) is 13.2 Å². The van der Waals surface area contributed by atoms with Crippen molar-refractivity contribution >= 4 is 5.91 Å². The third-order valence-corrected chi connectivity index (χ3v) is 2.75. The maximum absolute atomic E-state index is 11.3. The monoisotopic (exact) mass is 291 g/mol. The van der Waals surface area contributed by atoms with Crippen LogP contribution in [-0.4, -0.2) is 45.2 Å². The maximum atomic E-state index is 11.3. The first-order chi connectivity index (χ1) is 10.1. The van der Waals surface area contributed by atoms with Gasteiger partial charge in [-0.25, -0.2) is 0 Å². The van der Waals surface area contributed by atoms with Crippen LogP contribution in [0.4, 0.5) is 0 Å². The Kier molecular flexibility index (Phi) is 7.05. The highest BCUT2D eigenvalue weighted by Gasteiger charge is 2.07. The summed E-state index contributed by atoms with van der Waals surface area (Å²) in [6, 6.07) is 7.30. The van der Waals surface area contributed by atoms with Gasteiger partial charge < -0.3 is 19.7 Å². The number of amides is 1. The van der Waals surface area contributed by atoms with Crippen LogP contribution in [0.1, 0.15) is 12.0 Å². The first kappa shape index (κ1) is 16.8. The Morgan fingerprint density at radius 3 is 2.76 bits per heavy atom. The van der Waals surface area contributed by atoms with Crippen LogP contribution in [0.5, 0.6) is 11.5 Å². The molecular formula is C15H21N3O3. The summed E-state index contributed by atoms with van der Waals surface area (Å²) in [6.45, 7) is 1.70. The van der Waals surface area contributed by atoms with Crippen molar-refractivity contribution in [1.82, 2.24) is 10.2 Å². The molecule has 0 aliphatic rings. The highest BCUT2D eigenvalue weighted by Crippen LogP contribution is 2.28. The molecule has 0 radical (unpaired) electrons. The third-order valence-electron chi connectivity index (χ3n) is 2.75. The van der Waals surface area contributed by atoms with E-state index in [2.05, 4.69) is 5.32 Å². The summed E-state index contributed by atoms with van der Waals surface area (Å²) in [6.07, 6.45) is -0.137. The molecule has 1 aromatic carbocycles. The number of rotatable bonds is 8. The van der Waals surface area contributed by atoms with Crippen molar-refractivity contribution in [3.05, 3.63) is 23.8 Å². The van der Waals surface area contributed by atoms with E-state index in [0.717, 1.165) is 12.1 Å². The number of nitrogens with one attached hydrogen (secondary N) is 1. The molecule has 1 amide bonds. The highest BCUT2D eigenvalue weighted by atomic mass is 16.5. The Bertz CT molecular complexity index is 509. The summed E-state index contributed by atoms with van der Waals surface area (Å²) in [4.78, 5) is 13.3. The molecule has 0 bridgehead atoms. The highest BCUT2D eigenvalue weighted by molar-refractivity contribution is 5.77. The van der Waals surface area contributed by atoms with E-state index in [4.69, 9.17) is 14.7 Å². The lowest BCUT2D eigenvalue weighted by Gasteiger charge is -2.14. The van der Waals surface area contributed by atoms with Gasteiger partial charge in [0.1, 0.15) is 13.0 Å². The van der Waals surface area contributed by atoms with Crippen LogP contribution in [0.3, 0.4) is 0 Å². The van der Waals surface area contributed by atoms with Crippen molar-refractivity contribution < 1.29 is 14.3 Å². The number of methoxy groups -OCH3 is 1. The average Bonchev–Trinajstić information content (AvgIpc) is 2.45. The maximum Gasteiger partial charge on any atom is 0.234 e. The summed E-state index contributed by atoms with van der Waals surface area (Å²) in [5.74, 6) is 1.01. The molecule has 0 saturated carbocycles. The molecule has 21 heavy (non-hydrogen) atoms. The number of carbonyl (C=O) groups is 1. The molecule has 6 nitrogen and oxygen atoms in total. The zero-order valence-electron chi connectivity index (χ0n) is 12.7. The van der Waals surface area contributed by atoms with Crippen molar-refractivity contribution in [3.63, 3.8) is 0 Å². The second-order valence-electron chi connectivity index (χ2n) is 4.75. The van der Waals surface area contributed by atoms with Crippen LogP contribution in [-0.2, 0) is 11.3 Å². The van der Waals surface area contributed by atoms with Gasteiger partial charge in [0.05, 0.1) is 13.2 Å². The van der Waals surface area contributed by atoms with Crippen molar-refractivity contribution in [2.75, 3.05) is 34.4 Å².